The molecule has 3 aromatic rings. The number of anilines is 3. The number of likely N-dealkylation sites (N-methyl/N-ethyl adjacent to an activating group) is 1. The third-order valence-corrected chi connectivity index (χ3v) is 5.82. The molecule has 1 heterocycles. The van der Waals surface area contributed by atoms with Gasteiger partial charge in [0, 0.05) is 48.6 Å². The molecule has 0 bridgehead atoms. The van der Waals surface area contributed by atoms with Gasteiger partial charge in [-0.3, -0.25) is 0 Å². The van der Waals surface area contributed by atoms with Gasteiger partial charge in [0.15, 0.2) is 0 Å². The third-order valence-electron chi connectivity index (χ3n) is 5.58. The maximum absolute atomic E-state index is 6.34. The number of fused-ring (bicyclic) bond motifs is 2. The first-order valence-corrected chi connectivity index (χ1v) is 10.7. The van der Waals surface area contributed by atoms with Gasteiger partial charge in [-0.15, -0.1) is 0 Å². The van der Waals surface area contributed by atoms with Crippen LogP contribution >= 0.6 is 11.6 Å². The van der Waals surface area contributed by atoms with E-state index in [1.165, 1.54) is 5.56 Å². The number of nitrogens with zero attached hydrogens (tertiary/aromatic N) is 2. The Bertz CT molecular complexity index is 1010. The Balaban J connectivity index is 1.47. The highest BCUT2D eigenvalue weighted by atomic mass is 35.5. The molecule has 1 aliphatic rings. The van der Waals surface area contributed by atoms with E-state index in [4.69, 9.17) is 16.3 Å². The van der Waals surface area contributed by atoms with Crippen molar-refractivity contribution in [3.63, 3.8) is 0 Å². The second kappa shape index (κ2) is 9.41. The second-order valence-corrected chi connectivity index (χ2v) is 8.12. The Hall–Kier alpha value is -2.69. The highest BCUT2D eigenvalue weighted by Gasteiger charge is 2.22. The molecule has 0 saturated carbocycles. The average Bonchev–Trinajstić information content (AvgIpc) is 2.93. The molecule has 1 N–H and O–H groups in total. The van der Waals surface area contributed by atoms with Crippen LogP contribution in [0.5, 0.6) is 5.75 Å². The van der Waals surface area contributed by atoms with Gasteiger partial charge in [0.1, 0.15) is 12.4 Å². The monoisotopic (exact) mass is 421 g/mol. The van der Waals surface area contributed by atoms with Gasteiger partial charge in [-0.25, -0.2) is 0 Å². The lowest BCUT2D eigenvalue weighted by molar-refractivity contribution is 0.310. The molecule has 0 radical (unpaired) electrons. The first kappa shape index (κ1) is 20.6. The molecule has 0 atom stereocenters. The van der Waals surface area contributed by atoms with Crippen LogP contribution in [-0.2, 0) is 13.0 Å². The van der Waals surface area contributed by atoms with Gasteiger partial charge in [-0.05, 0) is 55.4 Å². The predicted molar refractivity (Wildman–Crippen MR) is 126 cm³/mol. The van der Waals surface area contributed by atoms with Crippen molar-refractivity contribution in [2.45, 2.75) is 13.0 Å². The first-order valence-electron chi connectivity index (χ1n) is 10.4. The van der Waals surface area contributed by atoms with E-state index in [0.717, 1.165) is 59.5 Å². The van der Waals surface area contributed by atoms with Crippen molar-refractivity contribution >= 4 is 28.7 Å². The maximum atomic E-state index is 6.34. The number of halogens is 1. The van der Waals surface area contributed by atoms with Crippen LogP contribution in [0.4, 0.5) is 17.1 Å². The normalized spacial score (nSPS) is 12.7. The summed E-state index contributed by atoms with van der Waals surface area (Å²) in [5, 5.41) is 3.96. The van der Waals surface area contributed by atoms with E-state index < -0.39 is 0 Å². The van der Waals surface area contributed by atoms with Gasteiger partial charge in [0.2, 0.25) is 0 Å². The molecule has 4 rings (SSSR count). The van der Waals surface area contributed by atoms with Crippen molar-refractivity contribution in [3.8, 4) is 5.75 Å². The van der Waals surface area contributed by atoms with Crippen molar-refractivity contribution in [2.75, 3.05) is 43.9 Å². The Morgan fingerprint density at radius 2 is 1.87 bits per heavy atom. The highest BCUT2D eigenvalue weighted by molar-refractivity contribution is 6.30. The topological polar surface area (TPSA) is 27.7 Å². The van der Waals surface area contributed by atoms with E-state index >= 15 is 0 Å². The number of para-hydroxylation sites is 2. The quantitative estimate of drug-likeness (QED) is 0.538. The summed E-state index contributed by atoms with van der Waals surface area (Å²) >= 11 is 6.34. The number of hydrogen-bond acceptors (Lipinski definition) is 4. The molecule has 4 nitrogen and oxygen atoms in total. The molecule has 0 spiro atoms. The van der Waals surface area contributed by atoms with E-state index in [2.05, 4.69) is 64.6 Å². The van der Waals surface area contributed by atoms with Gasteiger partial charge in [-0.1, -0.05) is 41.9 Å². The molecule has 30 heavy (non-hydrogen) atoms. The third kappa shape index (κ3) is 4.72. The van der Waals surface area contributed by atoms with E-state index in [1.807, 2.05) is 31.3 Å². The summed E-state index contributed by atoms with van der Waals surface area (Å²) in [6, 6.07) is 22.9. The molecule has 0 unspecified atom stereocenters. The fourth-order valence-electron chi connectivity index (χ4n) is 3.82. The summed E-state index contributed by atoms with van der Waals surface area (Å²) in [7, 11) is 4.14. The summed E-state index contributed by atoms with van der Waals surface area (Å²) in [5.41, 5.74) is 5.88. The average molecular weight is 422 g/mol. The molecule has 0 fully saturated rings. The summed E-state index contributed by atoms with van der Waals surface area (Å²) in [6.45, 7) is 3.35. The fourth-order valence-corrected chi connectivity index (χ4v) is 3.99. The molecule has 3 aromatic carbocycles. The minimum atomic E-state index is 0.553. The Kier molecular flexibility index (Phi) is 6.46. The van der Waals surface area contributed by atoms with Crippen molar-refractivity contribution in [1.29, 1.82) is 0 Å². The van der Waals surface area contributed by atoms with Crippen LogP contribution in [-0.4, -0.2) is 38.6 Å². The van der Waals surface area contributed by atoms with Gasteiger partial charge < -0.3 is 19.9 Å². The largest absolute Gasteiger partial charge is 0.487 e. The standard InChI is InChI=1S/C25H28ClN3O/c1-27-22-7-5-6-19(16-22)12-13-28(2)14-15-29-23-8-3-4-9-25(23)30-18-20-10-11-21(26)17-24(20)29/h3-11,16-17,27H,12-15,18H2,1-2H3. The first-order chi connectivity index (χ1) is 14.6. The number of hydrogen-bond donors (Lipinski definition) is 1. The second-order valence-electron chi connectivity index (χ2n) is 7.68. The Morgan fingerprint density at radius 3 is 2.73 bits per heavy atom. The van der Waals surface area contributed by atoms with E-state index in [1.54, 1.807) is 0 Å². The van der Waals surface area contributed by atoms with Crippen LogP contribution in [0, 0.1) is 0 Å². The lowest BCUT2D eigenvalue weighted by atomic mass is 10.1. The SMILES string of the molecule is CNc1cccc(CCN(C)CCN2c3cc(Cl)ccc3COc3ccccc32)c1. The molecular formula is C25H28ClN3O. The fraction of sp³-hybridized carbons (Fsp3) is 0.280. The van der Waals surface area contributed by atoms with E-state index in [-0.39, 0.29) is 0 Å². The molecule has 0 aliphatic carbocycles. The van der Waals surface area contributed by atoms with Crippen LogP contribution < -0.4 is 15.0 Å². The molecule has 5 heteroatoms. The molecule has 0 saturated heterocycles. The zero-order valence-electron chi connectivity index (χ0n) is 17.6. The zero-order valence-corrected chi connectivity index (χ0v) is 18.3. The molecule has 0 amide bonds. The Labute approximate surface area is 184 Å². The predicted octanol–water partition coefficient (Wildman–Crippen LogP) is 5.59. The summed E-state index contributed by atoms with van der Waals surface area (Å²) < 4.78 is 6.07. The zero-order chi connectivity index (χ0) is 20.9. The van der Waals surface area contributed by atoms with Crippen LogP contribution in [0.3, 0.4) is 0 Å². The number of ether oxygens (including phenoxy) is 1. The van der Waals surface area contributed by atoms with Gasteiger partial charge in [0.05, 0.1) is 5.69 Å². The maximum Gasteiger partial charge on any atom is 0.143 e. The van der Waals surface area contributed by atoms with Gasteiger partial charge in [0.25, 0.3) is 0 Å². The molecule has 0 aromatic heterocycles. The van der Waals surface area contributed by atoms with Crippen LogP contribution in [0.2, 0.25) is 5.02 Å². The van der Waals surface area contributed by atoms with Crippen molar-refractivity contribution in [2.24, 2.45) is 0 Å². The smallest absolute Gasteiger partial charge is 0.143 e. The number of rotatable bonds is 7. The molecular weight excluding hydrogens is 394 g/mol. The summed E-state index contributed by atoms with van der Waals surface area (Å²) in [4.78, 5) is 4.71. The van der Waals surface area contributed by atoms with Crippen molar-refractivity contribution in [1.82, 2.24) is 4.90 Å². The Morgan fingerprint density at radius 1 is 1.00 bits per heavy atom. The van der Waals surface area contributed by atoms with Crippen LogP contribution in [0.25, 0.3) is 0 Å². The van der Waals surface area contributed by atoms with Gasteiger partial charge >= 0.3 is 0 Å². The molecule has 1 aliphatic heterocycles. The lowest BCUT2D eigenvalue weighted by Gasteiger charge is -2.28. The molecule has 156 valence electrons. The summed E-state index contributed by atoms with van der Waals surface area (Å²) in [5.74, 6) is 0.913. The minimum Gasteiger partial charge on any atom is -0.487 e. The highest BCUT2D eigenvalue weighted by Crippen LogP contribution is 2.40. The van der Waals surface area contributed by atoms with Crippen LogP contribution in [0.1, 0.15) is 11.1 Å². The van der Waals surface area contributed by atoms with Crippen molar-refractivity contribution < 1.29 is 4.74 Å². The van der Waals surface area contributed by atoms with Crippen molar-refractivity contribution in [3.05, 3.63) is 82.9 Å². The van der Waals surface area contributed by atoms with Gasteiger partial charge in [-0.2, -0.15) is 0 Å². The number of nitrogens with one attached hydrogen (secondary N) is 1. The lowest BCUT2D eigenvalue weighted by Crippen LogP contribution is -2.32. The van der Waals surface area contributed by atoms with E-state index in [0.29, 0.717) is 6.61 Å². The van der Waals surface area contributed by atoms with E-state index in [9.17, 15) is 0 Å². The summed E-state index contributed by atoms with van der Waals surface area (Å²) in [6.07, 6.45) is 1.02. The number of benzene rings is 3. The minimum absolute atomic E-state index is 0.553. The van der Waals surface area contributed by atoms with Crippen LogP contribution in [0.15, 0.2) is 66.7 Å².